The van der Waals surface area contributed by atoms with E-state index in [4.69, 9.17) is 9.47 Å². The largest absolute Gasteiger partial charge is 0.507 e. The number of hydrogen-bond acceptors (Lipinski definition) is 7. The topological polar surface area (TPSA) is 93.9 Å². The fraction of sp³-hybridized carbons (Fsp3) is 0.261. The number of carbonyl (C=O) groups excluding carboxylic acids is 2. The molecule has 1 amide bonds. The Morgan fingerprint density at radius 2 is 2.03 bits per heavy atom. The first kappa shape index (κ1) is 21.6. The van der Waals surface area contributed by atoms with Crippen LogP contribution in [-0.4, -0.2) is 52.0 Å². The van der Waals surface area contributed by atoms with Crippen LogP contribution in [0.3, 0.4) is 0 Å². The average Bonchev–Trinajstić information content (AvgIpc) is 3.57. The zero-order valence-corrected chi connectivity index (χ0v) is 18.5. The lowest BCUT2D eigenvalue weighted by atomic mass is 9.99. The number of hydrogen-bond donors (Lipinski definition) is 1. The summed E-state index contributed by atoms with van der Waals surface area (Å²) in [6.45, 7) is 1.02. The van der Waals surface area contributed by atoms with Gasteiger partial charge in [0.1, 0.15) is 17.3 Å². The molecule has 32 heavy (non-hydrogen) atoms. The lowest BCUT2D eigenvalue weighted by Crippen LogP contribution is -2.31. The molecule has 0 aliphatic carbocycles. The smallest absolute Gasteiger partial charge is 0.295 e. The third-order valence-corrected chi connectivity index (χ3v) is 6.32. The molecule has 1 saturated heterocycles. The maximum atomic E-state index is 13.1. The average molecular weight is 454 g/mol. The van der Waals surface area contributed by atoms with Gasteiger partial charge in [0, 0.05) is 36.4 Å². The molecular weight excluding hydrogens is 430 g/mol. The Hall–Kier alpha value is -3.59. The number of aliphatic hydroxyl groups excluding tert-OH is 1. The van der Waals surface area contributed by atoms with Crippen LogP contribution in [0, 0.1) is 0 Å². The number of likely N-dealkylation sites (tertiary alicyclic amines) is 1. The van der Waals surface area contributed by atoms with Crippen LogP contribution in [0.25, 0.3) is 5.76 Å². The number of ketones is 1. The number of methoxy groups -OCH3 is 2. The van der Waals surface area contributed by atoms with Gasteiger partial charge in [-0.3, -0.25) is 9.59 Å². The Labute approximate surface area is 189 Å². The van der Waals surface area contributed by atoms with Crippen molar-refractivity contribution >= 4 is 28.8 Å². The Kier molecular flexibility index (Phi) is 6.27. The maximum absolute atomic E-state index is 13.1. The lowest BCUT2D eigenvalue weighted by molar-refractivity contribution is -0.139. The first-order chi connectivity index (χ1) is 15.5. The van der Waals surface area contributed by atoms with Crippen LogP contribution in [0.1, 0.15) is 22.9 Å². The van der Waals surface area contributed by atoms with E-state index in [0.29, 0.717) is 36.6 Å². The van der Waals surface area contributed by atoms with Gasteiger partial charge in [-0.15, -0.1) is 11.3 Å². The van der Waals surface area contributed by atoms with E-state index < -0.39 is 17.7 Å². The van der Waals surface area contributed by atoms with Crippen molar-refractivity contribution in [2.24, 2.45) is 0 Å². The molecular formula is C23H23N3O5S. The van der Waals surface area contributed by atoms with Crippen molar-refractivity contribution in [3.63, 3.8) is 0 Å². The number of ether oxygens (including phenoxy) is 2. The molecule has 3 heterocycles. The van der Waals surface area contributed by atoms with Gasteiger partial charge in [-0.2, -0.15) is 0 Å². The quantitative estimate of drug-likeness (QED) is 0.319. The number of aromatic nitrogens is 2. The molecule has 4 rings (SSSR count). The number of rotatable bonds is 8. The number of nitrogens with zero attached hydrogens (tertiary/aromatic N) is 3. The summed E-state index contributed by atoms with van der Waals surface area (Å²) >= 11 is 1.43. The van der Waals surface area contributed by atoms with Gasteiger partial charge in [-0.25, -0.2) is 4.98 Å². The first-order valence-electron chi connectivity index (χ1n) is 10.0. The monoisotopic (exact) mass is 453 g/mol. The molecule has 0 saturated carbocycles. The second kappa shape index (κ2) is 9.27. The fourth-order valence-electron chi connectivity index (χ4n) is 3.84. The summed E-state index contributed by atoms with van der Waals surface area (Å²) in [6.07, 6.45) is 5.89. The lowest BCUT2D eigenvalue weighted by Gasteiger charge is -2.24. The molecule has 2 aromatic heterocycles. The third-order valence-electron chi connectivity index (χ3n) is 5.39. The van der Waals surface area contributed by atoms with Gasteiger partial charge in [0.05, 0.1) is 37.7 Å². The Balaban J connectivity index is 1.73. The van der Waals surface area contributed by atoms with Crippen molar-refractivity contribution in [2.45, 2.75) is 19.0 Å². The van der Waals surface area contributed by atoms with Crippen LogP contribution < -0.4 is 9.47 Å². The van der Waals surface area contributed by atoms with E-state index >= 15 is 0 Å². The summed E-state index contributed by atoms with van der Waals surface area (Å²) in [5.41, 5.74) is 0.384. The van der Waals surface area contributed by atoms with Crippen LogP contribution >= 0.6 is 11.3 Å². The number of benzene rings is 1. The highest BCUT2D eigenvalue weighted by Gasteiger charge is 2.46. The van der Waals surface area contributed by atoms with E-state index in [0.717, 1.165) is 4.88 Å². The molecule has 0 radical (unpaired) electrons. The summed E-state index contributed by atoms with van der Waals surface area (Å²) in [5.74, 6) is -0.700. The van der Waals surface area contributed by atoms with Crippen molar-refractivity contribution in [3.05, 3.63) is 70.4 Å². The number of aryl methyl sites for hydroxylation is 1. The third kappa shape index (κ3) is 3.99. The van der Waals surface area contributed by atoms with Gasteiger partial charge >= 0.3 is 0 Å². The van der Waals surface area contributed by atoms with Crippen molar-refractivity contribution in [1.82, 2.24) is 14.5 Å². The summed E-state index contributed by atoms with van der Waals surface area (Å²) in [4.78, 5) is 32.4. The van der Waals surface area contributed by atoms with Crippen molar-refractivity contribution in [2.75, 3.05) is 20.8 Å². The highest BCUT2D eigenvalue weighted by atomic mass is 32.1. The molecule has 166 valence electrons. The SMILES string of the molecule is COc1ccc(/C(O)=C2\C(=O)C(=O)N(CCCn3ccnc3)[C@@H]2c2cccs2)c(OC)c1. The summed E-state index contributed by atoms with van der Waals surface area (Å²) in [5, 5.41) is 13.1. The van der Waals surface area contributed by atoms with Crippen molar-refractivity contribution in [3.8, 4) is 11.5 Å². The molecule has 1 aromatic carbocycles. The fourth-order valence-corrected chi connectivity index (χ4v) is 4.68. The van der Waals surface area contributed by atoms with Crippen LogP contribution in [0.5, 0.6) is 11.5 Å². The summed E-state index contributed by atoms with van der Waals surface area (Å²) < 4.78 is 12.5. The van der Waals surface area contributed by atoms with E-state index in [-0.39, 0.29) is 11.3 Å². The predicted octanol–water partition coefficient (Wildman–Crippen LogP) is 3.47. The zero-order chi connectivity index (χ0) is 22.7. The number of carbonyl (C=O) groups is 2. The van der Waals surface area contributed by atoms with Crippen molar-refractivity contribution in [1.29, 1.82) is 0 Å². The highest BCUT2D eigenvalue weighted by Crippen LogP contribution is 2.42. The molecule has 1 fully saturated rings. The molecule has 8 nitrogen and oxygen atoms in total. The van der Waals surface area contributed by atoms with Crippen molar-refractivity contribution < 1.29 is 24.2 Å². The van der Waals surface area contributed by atoms with Gasteiger partial charge in [0.25, 0.3) is 11.7 Å². The standard InChI is InChI=1S/C23H23N3O5S/c1-30-15-6-7-16(17(13-15)31-2)21(27)19-20(18-5-3-12-32-18)26(23(29)22(19)28)10-4-9-25-11-8-24-14-25/h3,5-8,11-14,20,27H,4,9-10H2,1-2H3/b21-19+/t20-/m1/s1. The van der Waals surface area contributed by atoms with Crippen LogP contribution in [-0.2, 0) is 16.1 Å². The van der Waals surface area contributed by atoms with Gasteiger partial charge < -0.3 is 24.0 Å². The van der Waals surface area contributed by atoms with Gasteiger partial charge in [0.2, 0.25) is 0 Å². The van der Waals surface area contributed by atoms with Gasteiger partial charge in [-0.05, 0) is 30.0 Å². The number of amides is 1. The second-order valence-electron chi connectivity index (χ2n) is 7.23. The van der Waals surface area contributed by atoms with Crippen LogP contribution in [0.15, 0.2) is 60.0 Å². The molecule has 9 heteroatoms. The molecule has 0 unspecified atom stereocenters. The van der Waals surface area contributed by atoms with Crippen LogP contribution in [0.4, 0.5) is 0 Å². The van der Waals surface area contributed by atoms with Crippen LogP contribution in [0.2, 0.25) is 0 Å². The molecule has 0 spiro atoms. The number of aliphatic hydroxyl groups is 1. The highest BCUT2D eigenvalue weighted by molar-refractivity contribution is 7.10. The molecule has 1 aliphatic heterocycles. The molecule has 1 N–H and O–H groups in total. The van der Waals surface area contributed by atoms with E-state index in [1.54, 1.807) is 30.7 Å². The first-order valence-corrected chi connectivity index (χ1v) is 10.9. The molecule has 1 atom stereocenters. The zero-order valence-electron chi connectivity index (χ0n) is 17.7. The Morgan fingerprint density at radius 1 is 1.19 bits per heavy atom. The maximum Gasteiger partial charge on any atom is 0.295 e. The normalized spacial score (nSPS) is 17.7. The Morgan fingerprint density at radius 3 is 2.69 bits per heavy atom. The van der Waals surface area contributed by atoms with Gasteiger partial charge in [0.15, 0.2) is 0 Å². The minimum Gasteiger partial charge on any atom is -0.507 e. The summed E-state index contributed by atoms with van der Waals surface area (Å²) in [7, 11) is 3.00. The predicted molar refractivity (Wildman–Crippen MR) is 120 cm³/mol. The number of imidazole rings is 1. The molecule has 3 aromatic rings. The van der Waals surface area contributed by atoms with E-state index in [1.165, 1.54) is 30.5 Å². The second-order valence-corrected chi connectivity index (χ2v) is 8.21. The minimum absolute atomic E-state index is 0.0588. The molecule has 1 aliphatic rings. The van der Waals surface area contributed by atoms with E-state index in [1.807, 2.05) is 28.3 Å². The minimum atomic E-state index is -0.707. The molecule has 0 bridgehead atoms. The van der Waals surface area contributed by atoms with E-state index in [9.17, 15) is 14.7 Å². The summed E-state index contributed by atoms with van der Waals surface area (Å²) in [6, 6.07) is 7.97. The van der Waals surface area contributed by atoms with Gasteiger partial charge in [-0.1, -0.05) is 6.07 Å². The Bertz CT molecular complexity index is 1140. The van der Waals surface area contributed by atoms with E-state index in [2.05, 4.69) is 4.98 Å². The number of Topliss-reactive ketones (excluding diaryl/α,β-unsaturated/α-hetero) is 1. The number of thiophene rings is 1.